The van der Waals surface area contributed by atoms with Crippen molar-refractivity contribution in [1.82, 2.24) is 20.4 Å². The zero-order chi connectivity index (χ0) is 9.26. The molecule has 0 bridgehead atoms. The average molecular weight is 195 g/mol. The highest BCUT2D eigenvalue weighted by Gasteiger charge is 2.10. The van der Waals surface area contributed by atoms with E-state index in [1.807, 2.05) is 5.43 Å². The summed E-state index contributed by atoms with van der Waals surface area (Å²) in [5.41, 5.74) is 2.61. The molecule has 13 heavy (non-hydrogen) atoms. The van der Waals surface area contributed by atoms with Crippen LogP contribution in [0.15, 0.2) is 12.5 Å². The van der Waals surface area contributed by atoms with E-state index in [0.717, 1.165) is 0 Å². The van der Waals surface area contributed by atoms with Crippen LogP contribution in [0.4, 0.5) is 0 Å². The predicted molar refractivity (Wildman–Crippen MR) is 46.9 cm³/mol. The van der Waals surface area contributed by atoms with Crippen molar-refractivity contribution < 1.29 is 4.79 Å². The van der Waals surface area contributed by atoms with E-state index in [9.17, 15) is 4.79 Å². The normalized spacial score (nSPS) is 10.2. The number of amides is 1. The molecular formula is C6H5N5OS. The number of hydrazine groups is 1. The summed E-state index contributed by atoms with van der Waals surface area (Å²) in [7, 11) is 0. The fraction of sp³-hybridized carbons (Fsp3) is 0. The van der Waals surface area contributed by atoms with Gasteiger partial charge in [0.05, 0.1) is 6.20 Å². The van der Waals surface area contributed by atoms with Crippen molar-refractivity contribution in [3.63, 3.8) is 0 Å². The highest BCUT2D eigenvalue weighted by Crippen LogP contribution is 2.17. The second-order valence-electron chi connectivity index (χ2n) is 2.21. The van der Waals surface area contributed by atoms with Gasteiger partial charge < -0.3 is 0 Å². The zero-order valence-electron chi connectivity index (χ0n) is 6.39. The maximum atomic E-state index is 11.0. The maximum absolute atomic E-state index is 11.0. The van der Waals surface area contributed by atoms with Gasteiger partial charge in [-0.3, -0.25) is 10.2 Å². The first-order valence-corrected chi connectivity index (χ1v) is 4.20. The van der Waals surface area contributed by atoms with Crippen molar-refractivity contribution in [2.75, 3.05) is 0 Å². The first-order chi connectivity index (χ1) is 6.31. The minimum atomic E-state index is -0.414. The van der Waals surface area contributed by atoms with Gasteiger partial charge in [-0.2, -0.15) is 0 Å². The number of hydrogen-bond acceptors (Lipinski definition) is 6. The van der Waals surface area contributed by atoms with E-state index in [4.69, 9.17) is 5.84 Å². The molecular weight excluding hydrogens is 190 g/mol. The third-order valence-electron chi connectivity index (χ3n) is 1.40. The lowest BCUT2D eigenvalue weighted by Crippen LogP contribution is -2.29. The number of aromatic nitrogens is 3. The number of hydrogen-bond donors (Lipinski definition) is 2. The molecule has 1 amide bonds. The van der Waals surface area contributed by atoms with Crippen molar-refractivity contribution in [1.29, 1.82) is 0 Å². The van der Waals surface area contributed by atoms with Gasteiger partial charge in [0, 0.05) is 0 Å². The van der Waals surface area contributed by atoms with E-state index in [0.29, 0.717) is 10.3 Å². The fourth-order valence-electron chi connectivity index (χ4n) is 0.849. The molecule has 0 unspecified atom stereocenters. The molecule has 2 rings (SSSR count). The van der Waals surface area contributed by atoms with E-state index in [2.05, 4.69) is 15.0 Å². The number of nitrogens with one attached hydrogen (secondary N) is 1. The van der Waals surface area contributed by atoms with Gasteiger partial charge in [-0.25, -0.2) is 20.8 Å². The molecule has 0 atom stereocenters. The number of thiazole rings is 1. The molecule has 3 N–H and O–H groups in total. The lowest BCUT2D eigenvalue weighted by Gasteiger charge is -1.89. The van der Waals surface area contributed by atoms with Crippen molar-refractivity contribution in [3.05, 3.63) is 17.5 Å². The Hall–Kier alpha value is -1.60. The quantitative estimate of drug-likeness (QED) is 0.370. The van der Waals surface area contributed by atoms with Gasteiger partial charge in [-0.05, 0) is 0 Å². The summed E-state index contributed by atoms with van der Waals surface area (Å²) in [6.45, 7) is 0. The molecule has 0 saturated carbocycles. The van der Waals surface area contributed by atoms with Gasteiger partial charge in [0.2, 0.25) is 0 Å². The highest BCUT2D eigenvalue weighted by atomic mass is 32.1. The standard InChI is InChI=1S/C6H5N5OS/c7-11-4(12)6-10-3-1-8-2-9-5(3)13-6/h1-2H,7H2,(H,11,12). The number of carbonyl (C=O) groups is 1. The fourth-order valence-corrected chi connectivity index (χ4v) is 1.63. The van der Waals surface area contributed by atoms with Gasteiger partial charge in [-0.1, -0.05) is 11.3 Å². The molecule has 0 saturated heterocycles. The number of fused-ring (bicyclic) bond motifs is 1. The van der Waals surface area contributed by atoms with Crippen LogP contribution in [0.1, 0.15) is 9.80 Å². The summed E-state index contributed by atoms with van der Waals surface area (Å²) < 4.78 is 0. The van der Waals surface area contributed by atoms with Crippen molar-refractivity contribution in [2.45, 2.75) is 0 Å². The second-order valence-corrected chi connectivity index (χ2v) is 3.18. The van der Waals surface area contributed by atoms with Crippen LogP contribution in [0.2, 0.25) is 0 Å². The number of nitrogen functional groups attached to an aromatic ring is 1. The average Bonchev–Trinajstić information content (AvgIpc) is 2.59. The first-order valence-electron chi connectivity index (χ1n) is 3.39. The molecule has 66 valence electrons. The predicted octanol–water partition coefficient (Wildman–Crippen LogP) is -0.310. The summed E-state index contributed by atoms with van der Waals surface area (Å²) in [5, 5.41) is 0.290. The number of rotatable bonds is 1. The van der Waals surface area contributed by atoms with Crippen molar-refractivity contribution in [3.8, 4) is 0 Å². The van der Waals surface area contributed by atoms with E-state index >= 15 is 0 Å². The van der Waals surface area contributed by atoms with Crippen LogP contribution in [-0.2, 0) is 0 Å². The van der Waals surface area contributed by atoms with E-state index in [-0.39, 0.29) is 5.01 Å². The maximum Gasteiger partial charge on any atom is 0.294 e. The largest absolute Gasteiger partial charge is 0.294 e. The molecule has 0 aliphatic heterocycles. The smallest absolute Gasteiger partial charge is 0.288 e. The molecule has 0 aliphatic carbocycles. The highest BCUT2D eigenvalue weighted by molar-refractivity contribution is 7.19. The van der Waals surface area contributed by atoms with Gasteiger partial charge in [0.1, 0.15) is 16.7 Å². The topological polar surface area (TPSA) is 93.8 Å². The van der Waals surface area contributed by atoms with Gasteiger partial charge in [0.25, 0.3) is 5.91 Å². The molecule has 0 aliphatic rings. The van der Waals surface area contributed by atoms with Crippen LogP contribution in [-0.4, -0.2) is 20.9 Å². The Morgan fingerprint density at radius 1 is 1.62 bits per heavy atom. The Bertz CT molecular complexity index is 420. The third-order valence-corrected chi connectivity index (χ3v) is 2.38. The minimum absolute atomic E-state index is 0.290. The van der Waals surface area contributed by atoms with E-state index in [1.165, 1.54) is 17.7 Å². The summed E-state index contributed by atoms with van der Waals surface area (Å²) in [5.74, 6) is 4.54. The lowest BCUT2D eigenvalue weighted by atomic mass is 10.6. The first kappa shape index (κ1) is 8.02. The van der Waals surface area contributed by atoms with Crippen LogP contribution < -0.4 is 11.3 Å². The number of nitrogens with zero attached hydrogens (tertiary/aromatic N) is 3. The third kappa shape index (κ3) is 1.34. The van der Waals surface area contributed by atoms with Crippen molar-refractivity contribution in [2.24, 2.45) is 5.84 Å². The molecule has 6 nitrogen and oxygen atoms in total. The zero-order valence-corrected chi connectivity index (χ0v) is 7.21. The van der Waals surface area contributed by atoms with Crippen LogP contribution >= 0.6 is 11.3 Å². The Balaban J connectivity index is 2.56. The monoisotopic (exact) mass is 195 g/mol. The number of carbonyl (C=O) groups excluding carboxylic acids is 1. The molecule has 2 aromatic rings. The molecule has 2 aromatic heterocycles. The molecule has 0 fully saturated rings. The van der Waals surface area contributed by atoms with Crippen LogP contribution in [0.25, 0.3) is 10.3 Å². The van der Waals surface area contributed by atoms with Gasteiger partial charge >= 0.3 is 0 Å². The summed E-state index contributed by atoms with van der Waals surface area (Å²) in [6, 6.07) is 0. The second kappa shape index (κ2) is 3.04. The Kier molecular flexibility index (Phi) is 1.87. The van der Waals surface area contributed by atoms with E-state index in [1.54, 1.807) is 6.20 Å². The Labute approximate surface area is 76.8 Å². The summed E-state index contributed by atoms with van der Waals surface area (Å²) in [6.07, 6.45) is 2.96. The summed E-state index contributed by atoms with van der Waals surface area (Å²) in [4.78, 5) is 23.4. The molecule has 2 heterocycles. The van der Waals surface area contributed by atoms with Crippen LogP contribution in [0, 0.1) is 0 Å². The Morgan fingerprint density at radius 3 is 3.15 bits per heavy atom. The van der Waals surface area contributed by atoms with Crippen LogP contribution in [0.5, 0.6) is 0 Å². The molecule has 7 heteroatoms. The Morgan fingerprint density at radius 2 is 2.46 bits per heavy atom. The molecule has 0 radical (unpaired) electrons. The van der Waals surface area contributed by atoms with Crippen molar-refractivity contribution >= 4 is 27.6 Å². The minimum Gasteiger partial charge on any atom is -0.288 e. The van der Waals surface area contributed by atoms with E-state index < -0.39 is 5.91 Å². The van der Waals surface area contributed by atoms with Crippen LogP contribution in [0.3, 0.4) is 0 Å². The number of nitrogens with two attached hydrogens (primary N) is 1. The SMILES string of the molecule is NNC(=O)c1nc2cncnc2s1. The molecule has 0 spiro atoms. The van der Waals surface area contributed by atoms with Gasteiger partial charge in [-0.15, -0.1) is 0 Å². The van der Waals surface area contributed by atoms with Gasteiger partial charge in [0.15, 0.2) is 5.01 Å². The molecule has 0 aromatic carbocycles. The lowest BCUT2D eigenvalue weighted by molar-refractivity contribution is 0.0953. The summed E-state index contributed by atoms with van der Waals surface area (Å²) >= 11 is 1.18.